The smallest absolute Gasteiger partial charge is 0.253 e. The molecular formula is C9H9NO2. The number of amides is 1. The van der Waals surface area contributed by atoms with Gasteiger partial charge in [0.2, 0.25) is 0 Å². The van der Waals surface area contributed by atoms with Crippen LogP contribution in [0.25, 0.3) is 0 Å². The Balaban J connectivity index is 2.25. The molecule has 0 spiro atoms. The summed E-state index contributed by atoms with van der Waals surface area (Å²) in [5.74, 6) is -0.188. The van der Waals surface area contributed by atoms with Gasteiger partial charge in [-0.2, -0.15) is 0 Å². The van der Waals surface area contributed by atoms with Gasteiger partial charge < -0.3 is 0 Å². The first kappa shape index (κ1) is 7.31. The van der Waals surface area contributed by atoms with Crippen LogP contribution < -0.4 is 5.48 Å². The SMILES string of the molecule is O=C1NOCC1c1ccccc1. The van der Waals surface area contributed by atoms with Crippen molar-refractivity contribution >= 4 is 5.91 Å². The Morgan fingerprint density at radius 3 is 2.67 bits per heavy atom. The summed E-state index contributed by atoms with van der Waals surface area (Å²) in [6.07, 6.45) is 0. The van der Waals surface area contributed by atoms with Gasteiger partial charge in [0.25, 0.3) is 5.91 Å². The molecule has 62 valence electrons. The Morgan fingerprint density at radius 1 is 1.33 bits per heavy atom. The van der Waals surface area contributed by atoms with Gasteiger partial charge >= 0.3 is 0 Å². The van der Waals surface area contributed by atoms with E-state index >= 15 is 0 Å². The van der Waals surface area contributed by atoms with Crippen molar-refractivity contribution in [3.05, 3.63) is 35.9 Å². The molecule has 0 aliphatic carbocycles. The first-order valence-corrected chi connectivity index (χ1v) is 3.84. The third-order valence-electron chi connectivity index (χ3n) is 1.94. The number of hydrogen-bond donors (Lipinski definition) is 1. The quantitative estimate of drug-likeness (QED) is 0.666. The largest absolute Gasteiger partial charge is 0.272 e. The average molecular weight is 163 g/mol. The first-order valence-electron chi connectivity index (χ1n) is 3.84. The molecule has 0 bridgehead atoms. The van der Waals surface area contributed by atoms with Crippen LogP contribution in [0.2, 0.25) is 0 Å². The van der Waals surface area contributed by atoms with Crippen LogP contribution in [0, 0.1) is 0 Å². The highest BCUT2D eigenvalue weighted by molar-refractivity contribution is 5.84. The van der Waals surface area contributed by atoms with Crippen LogP contribution in [0.15, 0.2) is 30.3 Å². The molecule has 1 saturated heterocycles. The Labute approximate surface area is 70.3 Å². The maximum atomic E-state index is 11.1. The van der Waals surface area contributed by atoms with Gasteiger partial charge in [0.15, 0.2) is 0 Å². The van der Waals surface area contributed by atoms with Crippen molar-refractivity contribution in [1.29, 1.82) is 0 Å². The predicted molar refractivity (Wildman–Crippen MR) is 43.3 cm³/mol. The van der Waals surface area contributed by atoms with E-state index in [0.717, 1.165) is 5.56 Å². The highest BCUT2D eigenvalue weighted by Gasteiger charge is 2.26. The van der Waals surface area contributed by atoms with E-state index in [2.05, 4.69) is 5.48 Å². The van der Waals surface area contributed by atoms with Gasteiger partial charge in [-0.3, -0.25) is 9.63 Å². The van der Waals surface area contributed by atoms with E-state index in [1.165, 1.54) is 0 Å². The van der Waals surface area contributed by atoms with Crippen LogP contribution in [0.5, 0.6) is 0 Å². The number of hydroxylamine groups is 1. The zero-order valence-corrected chi connectivity index (χ0v) is 6.49. The predicted octanol–water partition coefficient (Wildman–Crippen LogP) is 0.832. The summed E-state index contributed by atoms with van der Waals surface area (Å²) >= 11 is 0. The second-order valence-corrected chi connectivity index (χ2v) is 2.74. The molecule has 1 aromatic rings. The number of nitrogens with one attached hydrogen (secondary N) is 1. The van der Waals surface area contributed by atoms with Crippen molar-refractivity contribution < 1.29 is 9.63 Å². The Kier molecular flexibility index (Phi) is 1.80. The molecule has 0 radical (unpaired) electrons. The van der Waals surface area contributed by atoms with Crippen LogP contribution in [0.4, 0.5) is 0 Å². The lowest BCUT2D eigenvalue weighted by molar-refractivity contribution is -0.124. The second-order valence-electron chi connectivity index (χ2n) is 2.74. The lowest BCUT2D eigenvalue weighted by Crippen LogP contribution is -2.17. The molecule has 1 amide bonds. The lowest BCUT2D eigenvalue weighted by Gasteiger charge is -2.02. The summed E-state index contributed by atoms with van der Waals surface area (Å²) in [6.45, 7) is 0.433. The van der Waals surface area contributed by atoms with E-state index in [0.29, 0.717) is 6.61 Å². The fraction of sp³-hybridized carbons (Fsp3) is 0.222. The lowest BCUT2D eigenvalue weighted by atomic mass is 10.0. The first-order chi connectivity index (χ1) is 5.88. The maximum absolute atomic E-state index is 11.1. The summed E-state index contributed by atoms with van der Waals surface area (Å²) < 4.78 is 0. The Hall–Kier alpha value is -1.35. The highest BCUT2D eigenvalue weighted by atomic mass is 16.7. The molecular weight excluding hydrogens is 154 g/mol. The minimum absolute atomic E-state index is 0.0544. The van der Waals surface area contributed by atoms with E-state index < -0.39 is 0 Å². The number of benzene rings is 1. The van der Waals surface area contributed by atoms with Crippen molar-refractivity contribution in [2.24, 2.45) is 0 Å². The van der Waals surface area contributed by atoms with E-state index in [1.54, 1.807) is 0 Å². The fourth-order valence-corrected chi connectivity index (χ4v) is 1.28. The van der Waals surface area contributed by atoms with E-state index in [1.807, 2.05) is 30.3 Å². The molecule has 1 aromatic carbocycles. The second kappa shape index (κ2) is 2.95. The minimum Gasteiger partial charge on any atom is -0.272 e. The normalized spacial score (nSPS) is 22.3. The third-order valence-corrected chi connectivity index (χ3v) is 1.94. The number of hydrogen-bond acceptors (Lipinski definition) is 2. The number of carbonyl (C=O) groups is 1. The molecule has 1 aliphatic heterocycles. The average Bonchev–Trinajstić information content (AvgIpc) is 2.53. The summed E-state index contributed by atoms with van der Waals surface area (Å²) in [4.78, 5) is 16.0. The van der Waals surface area contributed by atoms with Crippen LogP contribution >= 0.6 is 0 Å². The molecule has 0 aromatic heterocycles. The molecule has 1 unspecified atom stereocenters. The van der Waals surface area contributed by atoms with E-state index in [-0.39, 0.29) is 11.8 Å². The standard InChI is InChI=1S/C9H9NO2/c11-9-8(6-12-10-9)7-4-2-1-3-5-7/h1-5,8H,6H2,(H,10,11). The molecule has 1 aliphatic rings. The van der Waals surface area contributed by atoms with Gasteiger partial charge in [0.05, 0.1) is 12.5 Å². The zero-order valence-electron chi connectivity index (χ0n) is 6.49. The van der Waals surface area contributed by atoms with Gasteiger partial charge in [-0.25, -0.2) is 5.48 Å². The van der Waals surface area contributed by atoms with Crippen LogP contribution in [-0.2, 0) is 9.63 Å². The van der Waals surface area contributed by atoms with Crippen molar-refractivity contribution in [1.82, 2.24) is 5.48 Å². The van der Waals surface area contributed by atoms with Gasteiger partial charge in [-0.15, -0.1) is 0 Å². The maximum Gasteiger partial charge on any atom is 0.253 e. The number of rotatable bonds is 1. The van der Waals surface area contributed by atoms with Crippen molar-refractivity contribution in [2.75, 3.05) is 6.61 Å². The van der Waals surface area contributed by atoms with Gasteiger partial charge in [0.1, 0.15) is 0 Å². The monoisotopic (exact) mass is 163 g/mol. The topological polar surface area (TPSA) is 38.3 Å². The molecule has 1 N–H and O–H groups in total. The third kappa shape index (κ3) is 1.19. The van der Waals surface area contributed by atoms with Crippen molar-refractivity contribution in [2.45, 2.75) is 5.92 Å². The minimum atomic E-state index is -0.133. The Morgan fingerprint density at radius 2 is 2.08 bits per heavy atom. The highest BCUT2D eigenvalue weighted by Crippen LogP contribution is 2.18. The zero-order chi connectivity index (χ0) is 8.39. The molecule has 1 atom stereocenters. The van der Waals surface area contributed by atoms with Crippen molar-refractivity contribution in [3.63, 3.8) is 0 Å². The van der Waals surface area contributed by atoms with E-state index in [4.69, 9.17) is 4.84 Å². The summed E-state index contributed by atoms with van der Waals surface area (Å²) in [7, 11) is 0. The molecule has 1 fully saturated rings. The van der Waals surface area contributed by atoms with Gasteiger partial charge in [0, 0.05) is 0 Å². The number of carbonyl (C=O) groups excluding carboxylic acids is 1. The molecule has 2 rings (SSSR count). The van der Waals surface area contributed by atoms with Gasteiger partial charge in [-0.1, -0.05) is 30.3 Å². The molecule has 0 saturated carbocycles. The summed E-state index contributed by atoms with van der Waals surface area (Å²) in [5, 5.41) is 0. The van der Waals surface area contributed by atoms with Crippen molar-refractivity contribution in [3.8, 4) is 0 Å². The van der Waals surface area contributed by atoms with Gasteiger partial charge in [-0.05, 0) is 5.56 Å². The van der Waals surface area contributed by atoms with Crippen LogP contribution in [0.1, 0.15) is 11.5 Å². The molecule has 1 heterocycles. The summed E-state index contributed by atoms with van der Waals surface area (Å²) in [5.41, 5.74) is 3.34. The fourth-order valence-electron chi connectivity index (χ4n) is 1.28. The Bertz CT molecular complexity index is 284. The molecule has 3 nitrogen and oxygen atoms in total. The van der Waals surface area contributed by atoms with Crippen LogP contribution in [0.3, 0.4) is 0 Å². The molecule has 12 heavy (non-hydrogen) atoms. The molecule has 3 heteroatoms. The van der Waals surface area contributed by atoms with Crippen LogP contribution in [-0.4, -0.2) is 12.5 Å². The summed E-state index contributed by atoms with van der Waals surface area (Å²) in [6, 6.07) is 9.62. The van der Waals surface area contributed by atoms with E-state index in [9.17, 15) is 4.79 Å².